The molecule has 200 valence electrons. The minimum atomic E-state index is -3.66. The zero-order valence-electron chi connectivity index (χ0n) is 21.9. The molecule has 0 radical (unpaired) electrons. The van der Waals surface area contributed by atoms with Crippen molar-refractivity contribution in [3.63, 3.8) is 0 Å². The Morgan fingerprint density at radius 2 is 1.65 bits per heavy atom. The zero-order chi connectivity index (χ0) is 27.0. The van der Waals surface area contributed by atoms with Crippen LogP contribution in [0.15, 0.2) is 52.4 Å². The highest BCUT2D eigenvalue weighted by Gasteiger charge is 2.24. The highest BCUT2D eigenvalue weighted by Crippen LogP contribution is 2.21. The zero-order valence-corrected chi connectivity index (χ0v) is 23.5. The SMILES string of the molecule is CCCCN(CCCC)S(=O)(=O)c1ccc(C(=O)N=c2sc3cc(C)ccc3n2CC(=O)OCC)cc1. The quantitative estimate of drug-likeness (QED) is 0.301. The van der Waals surface area contributed by atoms with Crippen molar-refractivity contribution in [3.05, 3.63) is 58.4 Å². The molecule has 0 aliphatic heterocycles. The summed E-state index contributed by atoms with van der Waals surface area (Å²) in [5, 5.41) is 0. The summed E-state index contributed by atoms with van der Waals surface area (Å²) < 4.78 is 35.6. The van der Waals surface area contributed by atoms with Crippen LogP contribution in [0, 0.1) is 6.92 Å². The average molecular weight is 546 g/mol. The normalized spacial score (nSPS) is 12.4. The number of carbonyl (C=O) groups excluding carboxylic acids is 2. The molecule has 0 bridgehead atoms. The number of benzene rings is 2. The first-order valence-electron chi connectivity index (χ1n) is 12.7. The third-order valence-electron chi connectivity index (χ3n) is 5.89. The number of unbranched alkanes of at least 4 members (excludes halogenated alkanes) is 2. The molecule has 1 heterocycles. The first-order chi connectivity index (χ1) is 17.7. The first kappa shape index (κ1) is 28.7. The van der Waals surface area contributed by atoms with Crippen LogP contribution in [-0.4, -0.2) is 48.9 Å². The molecule has 0 fully saturated rings. The summed E-state index contributed by atoms with van der Waals surface area (Å²) in [6, 6.07) is 11.7. The largest absolute Gasteiger partial charge is 0.465 e. The maximum atomic E-state index is 13.2. The summed E-state index contributed by atoms with van der Waals surface area (Å²) in [7, 11) is -3.66. The van der Waals surface area contributed by atoms with Crippen molar-refractivity contribution in [2.75, 3.05) is 19.7 Å². The standard InChI is InChI=1S/C27H35N3O5S2/c1-5-8-16-29(17-9-6-2)37(33,34)22-13-11-21(12-14-22)26(32)28-27-30(19-25(31)35-7-3)23-15-10-20(4)18-24(23)36-27/h10-15,18H,5-9,16-17,19H2,1-4H3. The van der Waals surface area contributed by atoms with Gasteiger partial charge in [0.15, 0.2) is 4.80 Å². The molecule has 0 aliphatic rings. The van der Waals surface area contributed by atoms with E-state index >= 15 is 0 Å². The van der Waals surface area contributed by atoms with Crippen LogP contribution >= 0.6 is 11.3 Å². The Kier molecular flexibility index (Phi) is 10.2. The number of sulfonamides is 1. The van der Waals surface area contributed by atoms with E-state index < -0.39 is 21.9 Å². The molecule has 0 saturated heterocycles. The van der Waals surface area contributed by atoms with E-state index in [0.717, 1.165) is 41.5 Å². The van der Waals surface area contributed by atoms with Crippen molar-refractivity contribution >= 4 is 43.5 Å². The van der Waals surface area contributed by atoms with Gasteiger partial charge in [-0.25, -0.2) is 8.42 Å². The molecule has 0 unspecified atom stereocenters. The maximum Gasteiger partial charge on any atom is 0.326 e. The van der Waals surface area contributed by atoms with Gasteiger partial charge in [-0.1, -0.05) is 44.1 Å². The van der Waals surface area contributed by atoms with E-state index in [1.807, 2.05) is 39.0 Å². The van der Waals surface area contributed by atoms with Gasteiger partial charge in [-0.2, -0.15) is 9.30 Å². The summed E-state index contributed by atoms with van der Waals surface area (Å²) in [5.74, 6) is -0.930. The first-order valence-corrected chi connectivity index (χ1v) is 14.9. The molecule has 1 amide bonds. The van der Waals surface area contributed by atoms with Crippen molar-refractivity contribution in [1.82, 2.24) is 8.87 Å². The van der Waals surface area contributed by atoms with Gasteiger partial charge < -0.3 is 9.30 Å². The molecule has 3 aromatic rings. The van der Waals surface area contributed by atoms with Gasteiger partial charge in [-0.15, -0.1) is 0 Å². The molecule has 1 aromatic heterocycles. The van der Waals surface area contributed by atoms with Gasteiger partial charge in [0.25, 0.3) is 5.91 Å². The summed E-state index contributed by atoms with van der Waals surface area (Å²) >= 11 is 1.31. The molecule has 0 aliphatic carbocycles. The van der Waals surface area contributed by atoms with Crippen molar-refractivity contribution in [2.24, 2.45) is 4.99 Å². The van der Waals surface area contributed by atoms with Crippen LogP contribution in [0.4, 0.5) is 0 Å². The topological polar surface area (TPSA) is 98.0 Å². The van der Waals surface area contributed by atoms with E-state index in [1.54, 1.807) is 11.5 Å². The Bertz CT molecular complexity index is 1400. The summed E-state index contributed by atoms with van der Waals surface area (Å²) in [4.78, 5) is 30.1. The lowest BCUT2D eigenvalue weighted by atomic mass is 10.2. The van der Waals surface area contributed by atoms with Crippen LogP contribution < -0.4 is 4.80 Å². The predicted octanol–water partition coefficient (Wildman–Crippen LogP) is 4.91. The number of carbonyl (C=O) groups is 2. The third kappa shape index (κ3) is 7.15. The van der Waals surface area contributed by atoms with Crippen LogP contribution in [0.2, 0.25) is 0 Å². The Labute approximate surface area is 222 Å². The number of nitrogens with zero attached hydrogens (tertiary/aromatic N) is 3. The van der Waals surface area contributed by atoms with E-state index in [4.69, 9.17) is 4.74 Å². The van der Waals surface area contributed by atoms with E-state index in [-0.39, 0.29) is 23.6 Å². The second-order valence-electron chi connectivity index (χ2n) is 8.80. The molecule has 2 aromatic carbocycles. The van der Waals surface area contributed by atoms with Gasteiger partial charge in [0, 0.05) is 18.7 Å². The monoisotopic (exact) mass is 545 g/mol. The molecule has 10 heteroatoms. The van der Waals surface area contributed by atoms with Crippen LogP contribution in [0.25, 0.3) is 10.2 Å². The maximum absolute atomic E-state index is 13.2. The Morgan fingerprint density at radius 3 is 2.24 bits per heavy atom. The number of rotatable bonds is 12. The number of aryl methyl sites for hydroxylation is 1. The number of esters is 1. The number of ether oxygens (including phenoxy) is 1. The van der Waals surface area contributed by atoms with Crippen molar-refractivity contribution in [2.45, 2.75) is 64.8 Å². The van der Waals surface area contributed by atoms with E-state index in [1.165, 1.54) is 39.9 Å². The highest BCUT2D eigenvalue weighted by atomic mass is 32.2. The fourth-order valence-electron chi connectivity index (χ4n) is 3.85. The van der Waals surface area contributed by atoms with Gasteiger partial charge in [0.05, 0.1) is 21.7 Å². The molecule has 0 N–H and O–H groups in total. The van der Waals surface area contributed by atoms with Crippen LogP contribution in [-0.2, 0) is 26.1 Å². The van der Waals surface area contributed by atoms with Crippen molar-refractivity contribution < 1.29 is 22.7 Å². The van der Waals surface area contributed by atoms with Crippen molar-refractivity contribution in [1.29, 1.82) is 0 Å². The number of thiazole rings is 1. The highest BCUT2D eigenvalue weighted by molar-refractivity contribution is 7.89. The smallest absolute Gasteiger partial charge is 0.326 e. The molecular formula is C27H35N3O5S2. The van der Waals surface area contributed by atoms with E-state index in [0.29, 0.717) is 17.9 Å². The van der Waals surface area contributed by atoms with Gasteiger partial charge >= 0.3 is 5.97 Å². The lowest BCUT2D eigenvalue weighted by Gasteiger charge is -2.22. The van der Waals surface area contributed by atoms with Crippen molar-refractivity contribution in [3.8, 4) is 0 Å². The number of hydrogen-bond donors (Lipinski definition) is 0. The second-order valence-corrected chi connectivity index (χ2v) is 11.7. The van der Waals surface area contributed by atoms with Gasteiger partial charge in [-0.3, -0.25) is 9.59 Å². The molecule has 0 saturated carbocycles. The Hall–Kier alpha value is -2.82. The minimum absolute atomic E-state index is 0.0639. The Balaban J connectivity index is 1.93. The van der Waals surface area contributed by atoms with E-state index in [9.17, 15) is 18.0 Å². The third-order valence-corrected chi connectivity index (χ3v) is 8.84. The number of fused-ring (bicyclic) bond motifs is 1. The van der Waals surface area contributed by atoms with Gasteiger partial charge in [0.1, 0.15) is 6.54 Å². The molecule has 37 heavy (non-hydrogen) atoms. The average Bonchev–Trinajstić information content (AvgIpc) is 3.19. The van der Waals surface area contributed by atoms with Gasteiger partial charge in [-0.05, 0) is 68.7 Å². The van der Waals surface area contributed by atoms with Crippen LogP contribution in [0.5, 0.6) is 0 Å². The number of hydrogen-bond acceptors (Lipinski definition) is 6. The minimum Gasteiger partial charge on any atom is -0.465 e. The fourth-order valence-corrected chi connectivity index (χ4v) is 6.49. The van der Waals surface area contributed by atoms with Crippen LogP contribution in [0.1, 0.15) is 62.4 Å². The number of amides is 1. The summed E-state index contributed by atoms with van der Waals surface area (Å²) in [6.07, 6.45) is 3.39. The predicted molar refractivity (Wildman–Crippen MR) is 146 cm³/mol. The summed E-state index contributed by atoms with van der Waals surface area (Å²) in [5.41, 5.74) is 2.11. The van der Waals surface area contributed by atoms with Gasteiger partial charge in [0.2, 0.25) is 10.0 Å². The molecule has 0 atom stereocenters. The molecule has 8 nitrogen and oxygen atoms in total. The lowest BCUT2D eigenvalue weighted by molar-refractivity contribution is -0.143. The Morgan fingerprint density at radius 1 is 1.00 bits per heavy atom. The van der Waals surface area contributed by atoms with Crippen LogP contribution in [0.3, 0.4) is 0 Å². The fraction of sp³-hybridized carbons (Fsp3) is 0.444. The lowest BCUT2D eigenvalue weighted by Crippen LogP contribution is -2.33. The van der Waals surface area contributed by atoms with E-state index in [2.05, 4.69) is 4.99 Å². The second kappa shape index (κ2) is 13.1. The summed E-state index contributed by atoms with van der Waals surface area (Å²) in [6.45, 7) is 8.91. The number of aromatic nitrogens is 1. The molecular weight excluding hydrogens is 510 g/mol. The molecule has 0 spiro atoms. The molecule has 3 rings (SSSR count).